The second-order valence-electron chi connectivity index (χ2n) is 1.37. The topological polar surface area (TPSA) is 51.8 Å². The van der Waals surface area contributed by atoms with Gasteiger partial charge in [0.05, 0.1) is 0 Å². The van der Waals surface area contributed by atoms with Crippen LogP contribution in [0.1, 0.15) is 5.01 Å². The van der Waals surface area contributed by atoms with Crippen LogP contribution in [0.15, 0.2) is 4.34 Å². The molecule has 0 radical (unpaired) electrons. The predicted octanol–water partition coefficient (Wildman–Crippen LogP) is 0.719. The molecule has 50 valence electrons. The molecule has 1 heterocycles. The minimum atomic E-state index is 0.498. The van der Waals surface area contributed by atoms with E-state index in [1.807, 2.05) is 6.26 Å². The summed E-state index contributed by atoms with van der Waals surface area (Å²) in [7, 11) is 0. The molecule has 2 N–H and O–H groups in total. The fraction of sp³-hybridized carbons (Fsp3) is 0.500. The van der Waals surface area contributed by atoms with E-state index < -0.39 is 0 Å². The monoisotopic (exact) mass is 161 g/mol. The third-order valence-corrected chi connectivity index (χ3v) is 2.72. The molecule has 0 aliphatic carbocycles. The molecule has 1 rings (SSSR count). The molecule has 5 heteroatoms. The van der Waals surface area contributed by atoms with Crippen molar-refractivity contribution in [1.82, 2.24) is 10.2 Å². The van der Waals surface area contributed by atoms with Gasteiger partial charge in [-0.05, 0) is 6.26 Å². The lowest BCUT2D eigenvalue weighted by Gasteiger charge is -1.78. The van der Waals surface area contributed by atoms with Crippen LogP contribution >= 0.6 is 23.1 Å². The van der Waals surface area contributed by atoms with Crippen molar-refractivity contribution in [3.8, 4) is 0 Å². The lowest BCUT2D eigenvalue weighted by molar-refractivity contribution is 0.927. The van der Waals surface area contributed by atoms with E-state index in [4.69, 9.17) is 5.73 Å². The molecule has 0 aromatic carbocycles. The first kappa shape index (κ1) is 6.98. The van der Waals surface area contributed by atoms with Crippen LogP contribution < -0.4 is 5.73 Å². The van der Waals surface area contributed by atoms with Crippen molar-refractivity contribution in [2.24, 2.45) is 5.73 Å². The summed E-state index contributed by atoms with van der Waals surface area (Å²) in [6, 6.07) is 0. The van der Waals surface area contributed by atoms with E-state index >= 15 is 0 Å². The van der Waals surface area contributed by atoms with E-state index in [0.29, 0.717) is 6.54 Å². The zero-order valence-electron chi connectivity index (χ0n) is 5.00. The number of rotatable bonds is 2. The molecule has 0 fully saturated rings. The second kappa shape index (κ2) is 3.14. The Labute approximate surface area is 61.7 Å². The Morgan fingerprint density at radius 3 is 2.78 bits per heavy atom. The number of nitrogens with two attached hydrogens (primary N) is 1. The van der Waals surface area contributed by atoms with Crippen LogP contribution in [0.4, 0.5) is 0 Å². The number of thioether (sulfide) groups is 1. The Morgan fingerprint density at radius 2 is 2.44 bits per heavy atom. The number of hydrogen-bond acceptors (Lipinski definition) is 5. The third kappa shape index (κ3) is 1.64. The Kier molecular flexibility index (Phi) is 2.44. The summed E-state index contributed by atoms with van der Waals surface area (Å²) in [5.74, 6) is 0. The van der Waals surface area contributed by atoms with Gasteiger partial charge < -0.3 is 5.73 Å². The third-order valence-electron chi connectivity index (χ3n) is 0.798. The largest absolute Gasteiger partial charge is 0.324 e. The van der Waals surface area contributed by atoms with Gasteiger partial charge in [0, 0.05) is 6.54 Å². The summed E-state index contributed by atoms with van der Waals surface area (Å²) in [4.78, 5) is 0. The van der Waals surface area contributed by atoms with E-state index in [-0.39, 0.29) is 0 Å². The standard InChI is InChI=1S/C4H7N3S2/c1-8-4-7-6-3(2-5)9-4/h2,5H2,1H3. The van der Waals surface area contributed by atoms with E-state index in [0.717, 1.165) is 9.35 Å². The summed E-state index contributed by atoms with van der Waals surface area (Å²) in [6.07, 6.45) is 1.97. The van der Waals surface area contributed by atoms with Gasteiger partial charge in [-0.3, -0.25) is 0 Å². The Bertz CT molecular complexity index is 167. The maximum absolute atomic E-state index is 5.32. The van der Waals surface area contributed by atoms with E-state index in [9.17, 15) is 0 Å². The lowest BCUT2D eigenvalue weighted by Crippen LogP contribution is -1.94. The van der Waals surface area contributed by atoms with Crippen molar-refractivity contribution in [3.05, 3.63) is 5.01 Å². The van der Waals surface area contributed by atoms with Crippen molar-refractivity contribution >= 4 is 23.1 Å². The molecule has 0 aliphatic rings. The maximum atomic E-state index is 5.32. The molecular weight excluding hydrogens is 154 g/mol. The summed E-state index contributed by atoms with van der Waals surface area (Å²) >= 11 is 3.14. The molecule has 9 heavy (non-hydrogen) atoms. The first-order valence-electron chi connectivity index (χ1n) is 2.43. The zero-order chi connectivity index (χ0) is 6.69. The lowest BCUT2D eigenvalue weighted by atomic mass is 10.7. The van der Waals surface area contributed by atoms with Crippen LogP contribution in [0.5, 0.6) is 0 Å². The van der Waals surface area contributed by atoms with Crippen molar-refractivity contribution in [2.45, 2.75) is 10.9 Å². The number of aromatic nitrogens is 2. The summed E-state index contributed by atoms with van der Waals surface area (Å²) in [5, 5.41) is 8.59. The highest BCUT2D eigenvalue weighted by Crippen LogP contribution is 2.18. The highest BCUT2D eigenvalue weighted by Gasteiger charge is 1.98. The zero-order valence-corrected chi connectivity index (χ0v) is 6.63. The van der Waals surface area contributed by atoms with Gasteiger partial charge in [-0.25, -0.2) is 0 Å². The van der Waals surface area contributed by atoms with Crippen molar-refractivity contribution in [1.29, 1.82) is 0 Å². The van der Waals surface area contributed by atoms with E-state index in [1.165, 1.54) is 0 Å². The van der Waals surface area contributed by atoms with Crippen LogP contribution in [0, 0.1) is 0 Å². The van der Waals surface area contributed by atoms with Gasteiger partial charge in [0.15, 0.2) is 4.34 Å². The highest BCUT2D eigenvalue weighted by molar-refractivity contribution is 8.00. The van der Waals surface area contributed by atoms with Crippen LogP contribution in [0.2, 0.25) is 0 Å². The minimum Gasteiger partial charge on any atom is -0.324 e. The van der Waals surface area contributed by atoms with Gasteiger partial charge in [0.2, 0.25) is 0 Å². The molecule has 0 unspecified atom stereocenters. The Morgan fingerprint density at radius 1 is 1.67 bits per heavy atom. The Balaban J connectivity index is 2.74. The van der Waals surface area contributed by atoms with Crippen molar-refractivity contribution in [3.63, 3.8) is 0 Å². The first-order valence-corrected chi connectivity index (χ1v) is 4.47. The summed E-state index contributed by atoms with van der Waals surface area (Å²) in [5.41, 5.74) is 5.32. The van der Waals surface area contributed by atoms with Gasteiger partial charge in [-0.2, -0.15) is 0 Å². The van der Waals surface area contributed by atoms with Gasteiger partial charge in [0.25, 0.3) is 0 Å². The molecule has 0 spiro atoms. The average molecular weight is 161 g/mol. The summed E-state index contributed by atoms with van der Waals surface area (Å²) < 4.78 is 0.982. The molecule has 0 aliphatic heterocycles. The van der Waals surface area contributed by atoms with Crippen molar-refractivity contribution < 1.29 is 0 Å². The van der Waals surface area contributed by atoms with Crippen LogP contribution in [0.3, 0.4) is 0 Å². The van der Waals surface area contributed by atoms with Gasteiger partial charge in [-0.15, -0.1) is 10.2 Å². The fourth-order valence-electron chi connectivity index (χ4n) is 0.403. The number of nitrogens with zero attached hydrogens (tertiary/aromatic N) is 2. The minimum absolute atomic E-state index is 0.498. The fourth-order valence-corrected chi connectivity index (χ4v) is 1.60. The highest BCUT2D eigenvalue weighted by atomic mass is 32.2. The normalized spacial score (nSPS) is 10.0. The van der Waals surface area contributed by atoms with Gasteiger partial charge >= 0.3 is 0 Å². The van der Waals surface area contributed by atoms with Crippen LogP contribution in [-0.2, 0) is 6.54 Å². The Hall–Kier alpha value is -0.130. The molecule has 0 atom stereocenters. The van der Waals surface area contributed by atoms with Gasteiger partial charge in [-0.1, -0.05) is 23.1 Å². The summed E-state index contributed by atoms with van der Waals surface area (Å²) in [6.45, 7) is 0.498. The maximum Gasteiger partial charge on any atom is 0.174 e. The molecule has 0 saturated carbocycles. The molecule has 0 amide bonds. The molecule has 3 nitrogen and oxygen atoms in total. The molecule has 0 bridgehead atoms. The van der Waals surface area contributed by atoms with Crippen LogP contribution in [-0.4, -0.2) is 16.5 Å². The molecular formula is C4H7N3S2. The van der Waals surface area contributed by atoms with Gasteiger partial charge in [0.1, 0.15) is 5.01 Å². The van der Waals surface area contributed by atoms with E-state index in [2.05, 4.69) is 10.2 Å². The van der Waals surface area contributed by atoms with E-state index in [1.54, 1.807) is 23.1 Å². The number of hydrogen-bond donors (Lipinski definition) is 1. The average Bonchev–Trinajstić information content (AvgIpc) is 2.34. The van der Waals surface area contributed by atoms with Crippen molar-refractivity contribution in [2.75, 3.05) is 6.26 Å². The SMILES string of the molecule is CSc1nnc(CN)s1. The molecule has 1 aromatic rings. The first-order chi connectivity index (χ1) is 4.36. The quantitative estimate of drug-likeness (QED) is 0.649. The molecule has 1 aromatic heterocycles. The smallest absolute Gasteiger partial charge is 0.174 e. The second-order valence-corrected chi connectivity index (χ2v) is 3.49. The van der Waals surface area contributed by atoms with Crippen LogP contribution in [0.25, 0.3) is 0 Å². The predicted molar refractivity (Wildman–Crippen MR) is 39.6 cm³/mol. The molecule has 0 saturated heterocycles.